The first-order chi connectivity index (χ1) is 9.64. The van der Waals surface area contributed by atoms with Crippen molar-refractivity contribution in [3.8, 4) is 0 Å². The molecule has 0 aliphatic heterocycles. The zero-order chi connectivity index (χ0) is 16.2. The number of benzene rings is 1. The summed E-state index contributed by atoms with van der Waals surface area (Å²) < 4.78 is 0. The predicted molar refractivity (Wildman–Crippen MR) is 83.2 cm³/mol. The van der Waals surface area contributed by atoms with Crippen molar-refractivity contribution >= 4 is 11.9 Å². The maximum absolute atomic E-state index is 12.2. The molecule has 4 nitrogen and oxygen atoms in total. The highest BCUT2D eigenvalue weighted by molar-refractivity contribution is 5.87. The van der Waals surface area contributed by atoms with E-state index in [2.05, 4.69) is 13.8 Å². The van der Waals surface area contributed by atoms with Crippen LogP contribution in [0.1, 0.15) is 38.8 Å². The van der Waals surface area contributed by atoms with E-state index in [-0.39, 0.29) is 12.3 Å². The van der Waals surface area contributed by atoms with E-state index in [1.54, 1.807) is 0 Å². The maximum atomic E-state index is 12.2. The zero-order valence-electron chi connectivity index (χ0n) is 13.5. The first kappa shape index (κ1) is 17.2. The van der Waals surface area contributed by atoms with Gasteiger partial charge in [-0.1, -0.05) is 38.1 Å². The summed E-state index contributed by atoms with van der Waals surface area (Å²) in [6.07, 6.45) is 1.23. The Bertz CT molecular complexity index is 503. The quantitative estimate of drug-likeness (QED) is 0.876. The van der Waals surface area contributed by atoms with Crippen LogP contribution in [0.15, 0.2) is 24.3 Å². The summed E-state index contributed by atoms with van der Waals surface area (Å²) in [4.78, 5) is 24.7. The van der Waals surface area contributed by atoms with Gasteiger partial charge in [-0.2, -0.15) is 0 Å². The van der Waals surface area contributed by atoms with Gasteiger partial charge in [0, 0.05) is 7.05 Å². The molecule has 0 radical (unpaired) electrons. The van der Waals surface area contributed by atoms with Crippen LogP contribution in [-0.4, -0.2) is 34.5 Å². The molecule has 21 heavy (non-hydrogen) atoms. The molecule has 0 heterocycles. The molecule has 1 aromatic rings. The lowest BCUT2D eigenvalue weighted by Gasteiger charge is -2.31. The molecule has 1 amide bonds. The third-order valence-corrected chi connectivity index (χ3v) is 3.76. The standard InChI is InChI=1S/C17H25NO3/c1-12(2)10-13-6-8-14(9-7-13)11-15(19)18(5)17(3,4)16(20)21/h6-9,12H,10-11H2,1-5H3,(H,20,21). The van der Waals surface area contributed by atoms with Crippen molar-refractivity contribution in [2.45, 2.75) is 46.1 Å². The Morgan fingerprint density at radius 2 is 1.62 bits per heavy atom. The Hall–Kier alpha value is -1.84. The molecule has 0 unspecified atom stereocenters. The van der Waals surface area contributed by atoms with E-state index in [4.69, 9.17) is 5.11 Å². The third kappa shape index (κ3) is 4.59. The fourth-order valence-electron chi connectivity index (χ4n) is 2.01. The summed E-state index contributed by atoms with van der Waals surface area (Å²) in [6.45, 7) is 7.39. The molecule has 1 aromatic carbocycles. The fraction of sp³-hybridized carbons (Fsp3) is 0.529. The monoisotopic (exact) mass is 291 g/mol. The molecule has 0 aliphatic carbocycles. The normalized spacial score (nSPS) is 11.5. The van der Waals surface area contributed by atoms with Crippen LogP contribution in [0.4, 0.5) is 0 Å². The number of carbonyl (C=O) groups is 2. The minimum atomic E-state index is -1.20. The number of carboxylic acid groups (broad SMARTS) is 1. The number of likely N-dealkylation sites (N-methyl/N-ethyl adjacent to an activating group) is 1. The smallest absolute Gasteiger partial charge is 0.329 e. The Morgan fingerprint density at radius 1 is 1.14 bits per heavy atom. The number of rotatable bonds is 6. The summed E-state index contributed by atoms with van der Waals surface area (Å²) in [7, 11) is 1.53. The van der Waals surface area contributed by atoms with Crippen LogP contribution in [-0.2, 0) is 22.4 Å². The summed E-state index contributed by atoms with van der Waals surface area (Å²) in [6, 6.07) is 7.95. The van der Waals surface area contributed by atoms with E-state index in [9.17, 15) is 9.59 Å². The summed E-state index contributed by atoms with van der Waals surface area (Å²) in [5.74, 6) is -0.607. The molecule has 1 N–H and O–H groups in total. The van der Waals surface area contributed by atoms with Crippen molar-refractivity contribution in [3.05, 3.63) is 35.4 Å². The van der Waals surface area contributed by atoms with Crippen LogP contribution in [0, 0.1) is 5.92 Å². The van der Waals surface area contributed by atoms with Crippen molar-refractivity contribution in [2.75, 3.05) is 7.05 Å². The molecular weight excluding hydrogens is 266 g/mol. The molecule has 0 saturated carbocycles. The number of aliphatic carboxylic acids is 1. The van der Waals surface area contributed by atoms with E-state index in [1.165, 1.54) is 31.4 Å². The number of hydrogen-bond acceptors (Lipinski definition) is 2. The predicted octanol–water partition coefficient (Wildman–Crippen LogP) is 2.75. The van der Waals surface area contributed by atoms with Gasteiger partial charge >= 0.3 is 5.97 Å². The highest BCUT2D eigenvalue weighted by atomic mass is 16.4. The molecule has 0 spiro atoms. The van der Waals surface area contributed by atoms with Crippen LogP contribution in [0.25, 0.3) is 0 Å². The molecule has 0 fully saturated rings. The van der Waals surface area contributed by atoms with Gasteiger partial charge in [-0.15, -0.1) is 0 Å². The Kier molecular flexibility index (Phi) is 5.53. The van der Waals surface area contributed by atoms with E-state index in [1.807, 2.05) is 24.3 Å². The molecule has 4 heteroatoms. The zero-order valence-corrected chi connectivity index (χ0v) is 13.5. The van der Waals surface area contributed by atoms with Gasteiger partial charge < -0.3 is 10.0 Å². The van der Waals surface area contributed by atoms with Gasteiger partial charge in [-0.05, 0) is 37.3 Å². The van der Waals surface area contributed by atoms with Gasteiger partial charge in [-0.25, -0.2) is 4.79 Å². The van der Waals surface area contributed by atoms with Gasteiger partial charge in [0.25, 0.3) is 0 Å². The Balaban J connectivity index is 2.73. The largest absolute Gasteiger partial charge is 0.480 e. The van der Waals surface area contributed by atoms with Crippen LogP contribution in [0.2, 0.25) is 0 Å². The number of amides is 1. The second kappa shape index (κ2) is 6.74. The molecule has 0 atom stereocenters. The Labute approximate surface area is 126 Å². The topological polar surface area (TPSA) is 57.6 Å². The second-order valence-corrected chi connectivity index (χ2v) is 6.41. The number of carboxylic acids is 1. The number of hydrogen-bond donors (Lipinski definition) is 1. The van der Waals surface area contributed by atoms with Crippen LogP contribution in [0.5, 0.6) is 0 Å². The SMILES string of the molecule is CC(C)Cc1ccc(CC(=O)N(C)C(C)(C)C(=O)O)cc1. The third-order valence-electron chi connectivity index (χ3n) is 3.76. The maximum Gasteiger partial charge on any atom is 0.329 e. The average molecular weight is 291 g/mol. The molecular formula is C17H25NO3. The fourth-order valence-corrected chi connectivity index (χ4v) is 2.01. The van der Waals surface area contributed by atoms with Crippen molar-refractivity contribution < 1.29 is 14.7 Å². The lowest BCUT2D eigenvalue weighted by Crippen LogP contribution is -2.51. The number of carbonyl (C=O) groups excluding carboxylic acids is 1. The molecule has 0 aliphatic rings. The summed E-state index contributed by atoms with van der Waals surface area (Å²) >= 11 is 0. The minimum absolute atomic E-state index is 0.195. The molecule has 0 bridgehead atoms. The Morgan fingerprint density at radius 3 is 2.05 bits per heavy atom. The van der Waals surface area contributed by atoms with Gasteiger partial charge in [-0.3, -0.25) is 4.79 Å². The number of nitrogens with zero attached hydrogens (tertiary/aromatic N) is 1. The van der Waals surface area contributed by atoms with E-state index < -0.39 is 11.5 Å². The molecule has 0 saturated heterocycles. The second-order valence-electron chi connectivity index (χ2n) is 6.41. The molecule has 1 rings (SSSR count). The highest BCUT2D eigenvalue weighted by Crippen LogP contribution is 2.15. The molecule has 0 aromatic heterocycles. The van der Waals surface area contributed by atoms with Crippen LogP contribution in [0.3, 0.4) is 0 Å². The first-order valence-corrected chi connectivity index (χ1v) is 7.22. The summed E-state index contributed by atoms with van der Waals surface area (Å²) in [5, 5.41) is 9.15. The lowest BCUT2D eigenvalue weighted by atomic mass is 9.99. The van der Waals surface area contributed by atoms with Crippen LogP contribution >= 0.6 is 0 Å². The first-order valence-electron chi connectivity index (χ1n) is 7.22. The average Bonchev–Trinajstić information content (AvgIpc) is 2.39. The summed E-state index contributed by atoms with van der Waals surface area (Å²) in [5.41, 5.74) is 0.954. The van der Waals surface area contributed by atoms with Crippen molar-refractivity contribution in [3.63, 3.8) is 0 Å². The van der Waals surface area contributed by atoms with Crippen molar-refractivity contribution in [2.24, 2.45) is 5.92 Å². The van der Waals surface area contributed by atoms with E-state index >= 15 is 0 Å². The van der Waals surface area contributed by atoms with Gasteiger partial charge in [0.2, 0.25) is 5.91 Å². The van der Waals surface area contributed by atoms with E-state index in [0.29, 0.717) is 5.92 Å². The van der Waals surface area contributed by atoms with Gasteiger partial charge in [0.05, 0.1) is 6.42 Å². The van der Waals surface area contributed by atoms with Gasteiger partial charge in [0.15, 0.2) is 0 Å². The lowest BCUT2D eigenvalue weighted by molar-refractivity contribution is -0.155. The van der Waals surface area contributed by atoms with Crippen molar-refractivity contribution in [1.29, 1.82) is 0 Å². The minimum Gasteiger partial charge on any atom is -0.480 e. The van der Waals surface area contributed by atoms with Gasteiger partial charge in [0.1, 0.15) is 5.54 Å². The highest BCUT2D eigenvalue weighted by Gasteiger charge is 2.34. The molecule has 116 valence electrons. The van der Waals surface area contributed by atoms with Crippen LogP contribution < -0.4 is 0 Å². The van der Waals surface area contributed by atoms with E-state index in [0.717, 1.165) is 12.0 Å². The van der Waals surface area contributed by atoms with Crippen molar-refractivity contribution in [1.82, 2.24) is 4.90 Å².